The van der Waals surface area contributed by atoms with Gasteiger partial charge in [0, 0.05) is 13.5 Å². The van der Waals surface area contributed by atoms with Crippen molar-refractivity contribution in [2.45, 2.75) is 26.3 Å². The zero-order chi connectivity index (χ0) is 10.0. The lowest BCUT2D eigenvalue weighted by atomic mass is 10.1. The Bertz CT molecular complexity index is 227. The van der Waals surface area contributed by atoms with E-state index in [1.807, 2.05) is 6.92 Å². The second-order valence-electron chi connectivity index (χ2n) is 3.55. The maximum Gasteiger partial charge on any atom is 0.328 e. The molecule has 0 aromatic heterocycles. The average molecular weight is 185 g/mol. The number of hydrogen-bond donors (Lipinski definition) is 0. The highest BCUT2D eigenvalue weighted by Gasteiger charge is 2.36. The second-order valence-corrected chi connectivity index (χ2v) is 3.55. The van der Waals surface area contributed by atoms with Gasteiger partial charge in [-0.3, -0.25) is 4.79 Å². The number of methoxy groups -OCH3 is 1. The number of esters is 1. The zero-order valence-electron chi connectivity index (χ0n) is 8.24. The Balaban J connectivity index is 2.71. The van der Waals surface area contributed by atoms with Crippen molar-refractivity contribution in [3.05, 3.63) is 0 Å². The van der Waals surface area contributed by atoms with Gasteiger partial charge in [-0.2, -0.15) is 0 Å². The van der Waals surface area contributed by atoms with E-state index in [4.69, 9.17) is 0 Å². The van der Waals surface area contributed by atoms with E-state index in [-0.39, 0.29) is 17.9 Å². The van der Waals surface area contributed by atoms with E-state index in [1.54, 1.807) is 4.90 Å². The van der Waals surface area contributed by atoms with Gasteiger partial charge in [-0.1, -0.05) is 6.92 Å². The molecule has 0 aromatic carbocycles. The SMILES string of the molecule is COC(=O)[C@@H]1CC(C)CN1C(C)=O. The van der Waals surface area contributed by atoms with E-state index < -0.39 is 0 Å². The van der Waals surface area contributed by atoms with Gasteiger partial charge >= 0.3 is 5.97 Å². The van der Waals surface area contributed by atoms with Crippen molar-refractivity contribution in [1.29, 1.82) is 0 Å². The molecular weight excluding hydrogens is 170 g/mol. The van der Waals surface area contributed by atoms with Crippen molar-refractivity contribution in [3.8, 4) is 0 Å². The van der Waals surface area contributed by atoms with Crippen LogP contribution in [0.4, 0.5) is 0 Å². The lowest BCUT2D eigenvalue weighted by Crippen LogP contribution is -2.39. The highest BCUT2D eigenvalue weighted by molar-refractivity contribution is 5.83. The van der Waals surface area contributed by atoms with Crippen LogP contribution in [-0.4, -0.2) is 36.5 Å². The van der Waals surface area contributed by atoms with Gasteiger partial charge in [-0.15, -0.1) is 0 Å². The molecule has 1 amide bonds. The molecule has 1 aliphatic rings. The average Bonchev–Trinajstić information content (AvgIpc) is 2.46. The standard InChI is InChI=1S/C9H15NO3/c1-6-4-8(9(12)13-3)10(5-6)7(2)11/h6,8H,4-5H2,1-3H3/t6?,8-/m0/s1. The van der Waals surface area contributed by atoms with Crippen LogP contribution in [0.1, 0.15) is 20.3 Å². The Morgan fingerprint density at radius 3 is 2.54 bits per heavy atom. The van der Waals surface area contributed by atoms with Gasteiger partial charge in [0.25, 0.3) is 0 Å². The minimum Gasteiger partial charge on any atom is -0.467 e. The molecule has 0 N–H and O–H groups in total. The monoisotopic (exact) mass is 185 g/mol. The normalized spacial score (nSPS) is 27.5. The van der Waals surface area contributed by atoms with Crippen molar-refractivity contribution >= 4 is 11.9 Å². The van der Waals surface area contributed by atoms with Gasteiger partial charge in [0.1, 0.15) is 6.04 Å². The van der Waals surface area contributed by atoms with Crippen LogP contribution >= 0.6 is 0 Å². The van der Waals surface area contributed by atoms with Crippen LogP contribution < -0.4 is 0 Å². The molecule has 1 saturated heterocycles. The van der Waals surface area contributed by atoms with E-state index in [9.17, 15) is 9.59 Å². The maximum atomic E-state index is 11.3. The summed E-state index contributed by atoms with van der Waals surface area (Å²) in [5.41, 5.74) is 0. The molecule has 74 valence electrons. The van der Waals surface area contributed by atoms with Crippen LogP contribution in [0.5, 0.6) is 0 Å². The van der Waals surface area contributed by atoms with Gasteiger partial charge in [0.15, 0.2) is 0 Å². The number of nitrogens with zero attached hydrogens (tertiary/aromatic N) is 1. The highest BCUT2D eigenvalue weighted by Crippen LogP contribution is 2.23. The summed E-state index contributed by atoms with van der Waals surface area (Å²) in [6.45, 7) is 4.17. The lowest BCUT2D eigenvalue weighted by Gasteiger charge is -2.20. The number of likely N-dealkylation sites (tertiary alicyclic amines) is 1. The molecule has 0 saturated carbocycles. The topological polar surface area (TPSA) is 46.6 Å². The van der Waals surface area contributed by atoms with Gasteiger partial charge in [0.2, 0.25) is 5.91 Å². The predicted molar refractivity (Wildman–Crippen MR) is 47.0 cm³/mol. The first-order chi connectivity index (χ1) is 6.06. The molecule has 1 rings (SSSR count). The van der Waals surface area contributed by atoms with Crippen molar-refractivity contribution in [2.75, 3.05) is 13.7 Å². The van der Waals surface area contributed by atoms with E-state index >= 15 is 0 Å². The summed E-state index contributed by atoms with van der Waals surface area (Å²) in [4.78, 5) is 24.0. The van der Waals surface area contributed by atoms with Crippen LogP contribution in [-0.2, 0) is 14.3 Å². The molecule has 0 aliphatic carbocycles. The molecule has 1 fully saturated rings. The minimum absolute atomic E-state index is 0.0558. The Kier molecular flexibility index (Phi) is 2.90. The number of carbonyl (C=O) groups is 2. The Hall–Kier alpha value is -1.06. The van der Waals surface area contributed by atoms with E-state index in [1.165, 1.54) is 14.0 Å². The molecule has 0 aromatic rings. The first kappa shape index (κ1) is 10.0. The molecule has 0 radical (unpaired) electrons. The van der Waals surface area contributed by atoms with Crippen LogP contribution in [0.2, 0.25) is 0 Å². The molecule has 2 atom stereocenters. The first-order valence-corrected chi connectivity index (χ1v) is 4.41. The van der Waals surface area contributed by atoms with Crippen LogP contribution in [0, 0.1) is 5.92 Å². The van der Waals surface area contributed by atoms with Crippen molar-refractivity contribution in [1.82, 2.24) is 4.90 Å². The summed E-state index contributed by atoms with van der Waals surface area (Å²) in [5, 5.41) is 0. The lowest BCUT2D eigenvalue weighted by molar-refractivity contribution is -0.150. The molecule has 4 heteroatoms. The van der Waals surface area contributed by atoms with Gasteiger partial charge in [-0.25, -0.2) is 4.79 Å². The fraction of sp³-hybridized carbons (Fsp3) is 0.778. The number of amides is 1. The molecular formula is C9H15NO3. The molecule has 4 nitrogen and oxygen atoms in total. The highest BCUT2D eigenvalue weighted by atomic mass is 16.5. The van der Waals surface area contributed by atoms with Crippen molar-refractivity contribution in [3.63, 3.8) is 0 Å². The van der Waals surface area contributed by atoms with E-state index in [0.29, 0.717) is 18.9 Å². The Morgan fingerprint density at radius 2 is 2.08 bits per heavy atom. The summed E-state index contributed by atoms with van der Waals surface area (Å²) in [6.07, 6.45) is 0.715. The molecule has 0 spiro atoms. The molecule has 1 heterocycles. The van der Waals surface area contributed by atoms with E-state index in [2.05, 4.69) is 4.74 Å². The number of hydrogen-bond acceptors (Lipinski definition) is 3. The third kappa shape index (κ3) is 1.99. The van der Waals surface area contributed by atoms with Gasteiger partial charge in [0.05, 0.1) is 7.11 Å². The molecule has 1 aliphatic heterocycles. The smallest absolute Gasteiger partial charge is 0.328 e. The third-order valence-corrected chi connectivity index (χ3v) is 2.39. The quantitative estimate of drug-likeness (QED) is 0.556. The molecule has 0 bridgehead atoms. The fourth-order valence-corrected chi connectivity index (χ4v) is 1.75. The first-order valence-electron chi connectivity index (χ1n) is 4.41. The summed E-state index contributed by atoms with van der Waals surface area (Å²) in [5.74, 6) is 0.0206. The Morgan fingerprint density at radius 1 is 1.46 bits per heavy atom. The van der Waals surface area contributed by atoms with Crippen LogP contribution in [0.15, 0.2) is 0 Å². The second kappa shape index (κ2) is 3.77. The number of rotatable bonds is 1. The largest absolute Gasteiger partial charge is 0.467 e. The summed E-state index contributed by atoms with van der Waals surface area (Å²) >= 11 is 0. The predicted octanol–water partition coefficient (Wildman–Crippen LogP) is 0.416. The number of carbonyl (C=O) groups excluding carboxylic acids is 2. The minimum atomic E-state index is -0.363. The summed E-state index contributed by atoms with van der Waals surface area (Å²) in [7, 11) is 1.35. The fourth-order valence-electron chi connectivity index (χ4n) is 1.75. The van der Waals surface area contributed by atoms with E-state index in [0.717, 1.165) is 0 Å². The molecule has 13 heavy (non-hydrogen) atoms. The van der Waals surface area contributed by atoms with Crippen LogP contribution in [0.3, 0.4) is 0 Å². The Labute approximate surface area is 77.8 Å². The summed E-state index contributed by atoms with van der Waals surface area (Å²) in [6, 6.07) is -0.363. The van der Waals surface area contributed by atoms with Gasteiger partial charge in [-0.05, 0) is 12.3 Å². The maximum absolute atomic E-state index is 11.3. The van der Waals surface area contributed by atoms with Crippen LogP contribution in [0.25, 0.3) is 0 Å². The third-order valence-electron chi connectivity index (χ3n) is 2.39. The number of ether oxygens (including phenoxy) is 1. The molecule has 1 unspecified atom stereocenters. The van der Waals surface area contributed by atoms with Crippen molar-refractivity contribution < 1.29 is 14.3 Å². The zero-order valence-corrected chi connectivity index (χ0v) is 8.24. The summed E-state index contributed by atoms with van der Waals surface area (Å²) < 4.78 is 4.63. The van der Waals surface area contributed by atoms with Crippen molar-refractivity contribution in [2.24, 2.45) is 5.92 Å². The van der Waals surface area contributed by atoms with Gasteiger partial charge < -0.3 is 9.64 Å².